The van der Waals surface area contributed by atoms with Gasteiger partial charge < -0.3 is 15.8 Å². The normalized spacial score (nSPS) is 12.2. The number of carbonyl (C=O) groups excluding carboxylic acids is 1. The second-order valence-electron chi connectivity index (χ2n) is 3.36. The van der Waals surface area contributed by atoms with Crippen molar-refractivity contribution in [3.63, 3.8) is 0 Å². The van der Waals surface area contributed by atoms with E-state index in [1.165, 1.54) is 19.2 Å². The van der Waals surface area contributed by atoms with Gasteiger partial charge in [-0.05, 0) is 19.1 Å². The monoisotopic (exact) mass is 226 g/mol. The van der Waals surface area contributed by atoms with Crippen LogP contribution in [0.5, 0.6) is 0 Å². The lowest BCUT2D eigenvalue weighted by Gasteiger charge is -2.14. The van der Waals surface area contributed by atoms with E-state index in [2.05, 4.69) is 5.32 Å². The first-order chi connectivity index (χ1) is 7.60. The molecule has 0 aromatic heterocycles. The predicted molar refractivity (Wildman–Crippen MR) is 59.6 cm³/mol. The molecule has 0 aliphatic carbocycles. The number of benzene rings is 1. The molecule has 1 atom stereocenters. The number of nitrogens with one attached hydrogen (secondary N) is 1. The Kier molecular flexibility index (Phi) is 4.39. The van der Waals surface area contributed by atoms with Crippen molar-refractivity contribution in [3.05, 3.63) is 29.6 Å². The van der Waals surface area contributed by atoms with Crippen molar-refractivity contribution >= 4 is 11.6 Å². The molecule has 5 heteroatoms. The molecule has 1 unspecified atom stereocenters. The minimum atomic E-state index is -0.720. The van der Waals surface area contributed by atoms with Crippen molar-refractivity contribution in [3.8, 4) is 0 Å². The fraction of sp³-hybridized carbons (Fsp3) is 0.364. The molecule has 1 aromatic carbocycles. The van der Waals surface area contributed by atoms with Crippen molar-refractivity contribution in [2.45, 2.75) is 13.0 Å². The van der Waals surface area contributed by atoms with Gasteiger partial charge >= 0.3 is 0 Å². The molecule has 88 valence electrons. The maximum absolute atomic E-state index is 13.2. The topological polar surface area (TPSA) is 64.3 Å². The number of hydrogen-bond acceptors (Lipinski definition) is 3. The molecule has 1 rings (SSSR count). The molecule has 0 radical (unpaired) electrons. The van der Waals surface area contributed by atoms with E-state index >= 15 is 0 Å². The van der Waals surface area contributed by atoms with Gasteiger partial charge in [0.1, 0.15) is 11.9 Å². The van der Waals surface area contributed by atoms with Crippen LogP contribution in [-0.4, -0.2) is 25.7 Å². The van der Waals surface area contributed by atoms with Gasteiger partial charge in [0.2, 0.25) is 0 Å². The Morgan fingerprint density at radius 1 is 1.62 bits per heavy atom. The second-order valence-corrected chi connectivity index (χ2v) is 3.36. The van der Waals surface area contributed by atoms with Crippen LogP contribution in [-0.2, 0) is 9.53 Å². The number of nitrogens with two attached hydrogens (primary N) is 1. The van der Waals surface area contributed by atoms with Crippen LogP contribution in [0, 0.1) is 12.7 Å². The molecule has 4 nitrogen and oxygen atoms in total. The summed E-state index contributed by atoms with van der Waals surface area (Å²) in [6, 6.07) is 4.49. The molecule has 0 aliphatic rings. The maximum atomic E-state index is 13.2. The molecule has 0 spiro atoms. The zero-order chi connectivity index (χ0) is 12.1. The first-order valence-corrected chi connectivity index (χ1v) is 4.89. The average Bonchev–Trinajstić information content (AvgIpc) is 2.26. The molecule has 0 bridgehead atoms. The van der Waals surface area contributed by atoms with Gasteiger partial charge in [0.25, 0.3) is 5.91 Å². The lowest BCUT2D eigenvalue weighted by Crippen LogP contribution is -2.36. The molecule has 3 N–H and O–H groups in total. The summed E-state index contributed by atoms with van der Waals surface area (Å²) in [5.41, 5.74) is 6.17. The number of carbonyl (C=O) groups is 1. The first-order valence-electron chi connectivity index (χ1n) is 4.89. The van der Waals surface area contributed by atoms with E-state index in [9.17, 15) is 9.18 Å². The van der Waals surface area contributed by atoms with Crippen LogP contribution in [0.4, 0.5) is 10.1 Å². The molecular weight excluding hydrogens is 211 g/mol. The molecule has 1 aromatic rings. The van der Waals surface area contributed by atoms with Crippen molar-refractivity contribution < 1.29 is 13.9 Å². The highest BCUT2D eigenvalue weighted by Crippen LogP contribution is 2.17. The minimum absolute atomic E-state index is 0.0801. The zero-order valence-electron chi connectivity index (χ0n) is 9.29. The molecule has 0 saturated carbocycles. The lowest BCUT2D eigenvalue weighted by atomic mass is 10.2. The predicted octanol–water partition coefficient (Wildman–Crippen LogP) is 1.05. The Hall–Kier alpha value is -1.46. The third-order valence-electron chi connectivity index (χ3n) is 2.32. The summed E-state index contributed by atoms with van der Waals surface area (Å²) in [4.78, 5) is 11.6. The van der Waals surface area contributed by atoms with Gasteiger partial charge in [0, 0.05) is 24.9 Å². The zero-order valence-corrected chi connectivity index (χ0v) is 9.29. The van der Waals surface area contributed by atoms with E-state index in [1.54, 1.807) is 13.0 Å². The number of halogens is 1. The SMILES string of the molecule is COC(CN)C(=O)Nc1cccc(F)c1C. The molecule has 0 fully saturated rings. The summed E-state index contributed by atoms with van der Waals surface area (Å²) in [6.07, 6.45) is -0.720. The number of ether oxygens (including phenoxy) is 1. The quantitative estimate of drug-likeness (QED) is 0.806. The third kappa shape index (κ3) is 2.77. The molecule has 0 aliphatic heterocycles. The van der Waals surface area contributed by atoms with E-state index in [-0.39, 0.29) is 18.3 Å². The summed E-state index contributed by atoms with van der Waals surface area (Å²) in [6.45, 7) is 1.67. The Morgan fingerprint density at radius 3 is 2.88 bits per heavy atom. The summed E-state index contributed by atoms with van der Waals surface area (Å²) >= 11 is 0. The van der Waals surface area contributed by atoms with Crippen molar-refractivity contribution in [2.24, 2.45) is 5.73 Å². The molecule has 0 saturated heterocycles. The maximum Gasteiger partial charge on any atom is 0.254 e. The lowest BCUT2D eigenvalue weighted by molar-refractivity contribution is -0.125. The Morgan fingerprint density at radius 2 is 2.31 bits per heavy atom. The summed E-state index contributed by atoms with van der Waals surface area (Å²) in [7, 11) is 1.40. The number of hydrogen-bond donors (Lipinski definition) is 2. The summed E-state index contributed by atoms with van der Waals surface area (Å²) in [5, 5.41) is 2.57. The van der Waals surface area contributed by atoms with Gasteiger partial charge in [0.05, 0.1) is 0 Å². The van der Waals surface area contributed by atoms with E-state index in [4.69, 9.17) is 10.5 Å². The van der Waals surface area contributed by atoms with Crippen molar-refractivity contribution in [2.75, 3.05) is 19.0 Å². The van der Waals surface area contributed by atoms with Gasteiger partial charge in [-0.1, -0.05) is 6.07 Å². The van der Waals surface area contributed by atoms with Crippen LogP contribution in [0.15, 0.2) is 18.2 Å². The number of anilines is 1. The highest BCUT2D eigenvalue weighted by molar-refractivity contribution is 5.94. The van der Waals surface area contributed by atoms with E-state index < -0.39 is 6.10 Å². The average molecular weight is 226 g/mol. The smallest absolute Gasteiger partial charge is 0.254 e. The minimum Gasteiger partial charge on any atom is -0.370 e. The summed E-state index contributed by atoms with van der Waals surface area (Å²) < 4.78 is 18.1. The number of amides is 1. The summed E-state index contributed by atoms with van der Waals surface area (Å²) in [5.74, 6) is -0.738. The van der Waals surface area contributed by atoms with Gasteiger partial charge in [-0.25, -0.2) is 4.39 Å². The molecule has 16 heavy (non-hydrogen) atoms. The van der Waals surface area contributed by atoms with E-state index in [1.807, 2.05) is 0 Å². The van der Waals surface area contributed by atoms with Crippen LogP contribution in [0.1, 0.15) is 5.56 Å². The number of rotatable bonds is 4. The largest absolute Gasteiger partial charge is 0.370 e. The number of methoxy groups -OCH3 is 1. The fourth-order valence-corrected chi connectivity index (χ4v) is 1.27. The third-order valence-corrected chi connectivity index (χ3v) is 2.32. The van der Waals surface area contributed by atoms with Gasteiger partial charge in [0.15, 0.2) is 0 Å². The molecule has 0 heterocycles. The highest BCUT2D eigenvalue weighted by Gasteiger charge is 2.16. The highest BCUT2D eigenvalue weighted by atomic mass is 19.1. The first kappa shape index (κ1) is 12.6. The fourth-order valence-electron chi connectivity index (χ4n) is 1.27. The van der Waals surface area contributed by atoms with Crippen LogP contribution in [0.25, 0.3) is 0 Å². The van der Waals surface area contributed by atoms with Crippen molar-refractivity contribution in [1.82, 2.24) is 0 Å². The Bertz CT molecular complexity index is 378. The van der Waals surface area contributed by atoms with Crippen LogP contribution in [0.3, 0.4) is 0 Å². The van der Waals surface area contributed by atoms with Gasteiger partial charge in [-0.15, -0.1) is 0 Å². The van der Waals surface area contributed by atoms with E-state index in [0.717, 1.165) is 0 Å². The Balaban J connectivity index is 2.80. The van der Waals surface area contributed by atoms with Crippen molar-refractivity contribution in [1.29, 1.82) is 0 Å². The Labute approximate surface area is 93.6 Å². The van der Waals surface area contributed by atoms with Crippen LogP contribution in [0.2, 0.25) is 0 Å². The van der Waals surface area contributed by atoms with E-state index in [0.29, 0.717) is 11.3 Å². The molecular formula is C11H15FN2O2. The van der Waals surface area contributed by atoms with Crippen LogP contribution < -0.4 is 11.1 Å². The standard InChI is InChI=1S/C11H15FN2O2/c1-7-8(12)4-3-5-9(7)14-11(15)10(6-13)16-2/h3-5,10H,6,13H2,1-2H3,(H,14,15). The van der Waals surface area contributed by atoms with Gasteiger partial charge in [-0.3, -0.25) is 4.79 Å². The van der Waals surface area contributed by atoms with Crippen LogP contribution >= 0.6 is 0 Å². The molecule has 1 amide bonds. The van der Waals surface area contributed by atoms with Gasteiger partial charge in [-0.2, -0.15) is 0 Å². The second kappa shape index (κ2) is 5.58.